The molecule has 0 saturated carbocycles. The third kappa shape index (κ3) is 4.82. The van der Waals surface area contributed by atoms with Crippen molar-refractivity contribution < 1.29 is 0 Å². The maximum absolute atomic E-state index is 6.14. The Kier molecular flexibility index (Phi) is 5.71. The van der Waals surface area contributed by atoms with Gasteiger partial charge in [0.15, 0.2) is 0 Å². The molecule has 25 heavy (non-hydrogen) atoms. The van der Waals surface area contributed by atoms with Crippen molar-refractivity contribution in [1.29, 1.82) is 0 Å². The average molecular weight is 340 g/mol. The lowest BCUT2D eigenvalue weighted by atomic mass is 10.1. The summed E-state index contributed by atoms with van der Waals surface area (Å²) >= 11 is 0. The Hall–Kier alpha value is -2.34. The van der Waals surface area contributed by atoms with Crippen LogP contribution in [-0.2, 0) is 6.42 Å². The average Bonchev–Trinajstić information content (AvgIpc) is 2.62. The summed E-state index contributed by atoms with van der Waals surface area (Å²) in [4.78, 5) is 11.7. The standard InChI is InChI=1S/C19H28N6/c1-2-3-6-17-12-18(25-11-4-5-15(21)13-25)24-19(23-17)22-16-9-7-14(20)8-10-16/h7-10,12,15H,2-6,11,13,20-21H2,1H3,(H,22,23,24). The summed E-state index contributed by atoms with van der Waals surface area (Å²) in [6.07, 6.45) is 5.42. The van der Waals surface area contributed by atoms with Gasteiger partial charge in [-0.3, -0.25) is 0 Å². The van der Waals surface area contributed by atoms with E-state index >= 15 is 0 Å². The topological polar surface area (TPSA) is 93.1 Å². The van der Waals surface area contributed by atoms with Gasteiger partial charge in [-0.2, -0.15) is 4.98 Å². The van der Waals surface area contributed by atoms with E-state index in [0.29, 0.717) is 5.95 Å². The molecule has 6 nitrogen and oxygen atoms in total. The van der Waals surface area contributed by atoms with E-state index in [1.165, 1.54) is 0 Å². The third-order valence-electron chi connectivity index (χ3n) is 4.50. The Labute approximate surface area is 149 Å². The molecule has 0 bridgehead atoms. The van der Waals surface area contributed by atoms with E-state index in [-0.39, 0.29) is 6.04 Å². The maximum Gasteiger partial charge on any atom is 0.229 e. The molecular formula is C19H28N6. The summed E-state index contributed by atoms with van der Waals surface area (Å²) in [6.45, 7) is 4.05. The molecule has 0 spiro atoms. The first kappa shape index (κ1) is 17.5. The second-order valence-electron chi connectivity index (χ2n) is 6.74. The molecule has 1 saturated heterocycles. The Morgan fingerprint density at radius 1 is 1.24 bits per heavy atom. The lowest BCUT2D eigenvalue weighted by Gasteiger charge is -2.32. The molecule has 6 heteroatoms. The monoisotopic (exact) mass is 340 g/mol. The number of aryl methyl sites for hydroxylation is 1. The minimum Gasteiger partial charge on any atom is -0.399 e. The van der Waals surface area contributed by atoms with Gasteiger partial charge in [0.25, 0.3) is 0 Å². The summed E-state index contributed by atoms with van der Waals surface area (Å²) in [7, 11) is 0. The number of hydrogen-bond donors (Lipinski definition) is 3. The first-order chi connectivity index (χ1) is 12.1. The first-order valence-corrected chi connectivity index (χ1v) is 9.15. The van der Waals surface area contributed by atoms with Crippen molar-refractivity contribution in [2.45, 2.75) is 45.1 Å². The van der Waals surface area contributed by atoms with Gasteiger partial charge in [-0.1, -0.05) is 13.3 Å². The number of nitrogens with two attached hydrogens (primary N) is 2. The lowest BCUT2D eigenvalue weighted by Crippen LogP contribution is -2.43. The zero-order valence-electron chi connectivity index (χ0n) is 14.9. The van der Waals surface area contributed by atoms with Gasteiger partial charge >= 0.3 is 0 Å². The number of piperidine rings is 1. The highest BCUT2D eigenvalue weighted by molar-refractivity contribution is 5.58. The number of nitrogen functional groups attached to an aromatic ring is 1. The highest BCUT2D eigenvalue weighted by Crippen LogP contribution is 2.22. The van der Waals surface area contributed by atoms with E-state index in [0.717, 1.165) is 68.1 Å². The fraction of sp³-hybridized carbons (Fsp3) is 0.474. The van der Waals surface area contributed by atoms with Crippen molar-refractivity contribution in [3.8, 4) is 0 Å². The zero-order chi connectivity index (χ0) is 17.6. The zero-order valence-corrected chi connectivity index (χ0v) is 14.9. The minimum absolute atomic E-state index is 0.219. The Morgan fingerprint density at radius 3 is 2.76 bits per heavy atom. The van der Waals surface area contributed by atoms with Crippen LogP contribution in [0.4, 0.5) is 23.1 Å². The molecule has 0 aliphatic carbocycles. The summed E-state index contributed by atoms with van der Waals surface area (Å²) in [6, 6.07) is 9.95. The molecule has 1 aliphatic rings. The molecular weight excluding hydrogens is 312 g/mol. The van der Waals surface area contributed by atoms with E-state index in [1.54, 1.807) is 0 Å². The third-order valence-corrected chi connectivity index (χ3v) is 4.50. The van der Waals surface area contributed by atoms with Crippen LogP contribution in [0.15, 0.2) is 30.3 Å². The molecule has 2 heterocycles. The van der Waals surface area contributed by atoms with Crippen LogP contribution in [-0.4, -0.2) is 29.1 Å². The smallest absolute Gasteiger partial charge is 0.229 e. The van der Waals surface area contributed by atoms with Crippen LogP contribution in [0.3, 0.4) is 0 Å². The molecule has 2 aromatic rings. The number of rotatable bonds is 6. The van der Waals surface area contributed by atoms with E-state index in [2.05, 4.69) is 23.2 Å². The number of hydrogen-bond acceptors (Lipinski definition) is 6. The number of unbranched alkanes of at least 4 members (excludes halogenated alkanes) is 1. The molecule has 0 radical (unpaired) electrons. The fourth-order valence-corrected chi connectivity index (χ4v) is 3.10. The first-order valence-electron chi connectivity index (χ1n) is 9.15. The molecule has 1 atom stereocenters. The molecule has 5 N–H and O–H groups in total. The van der Waals surface area contributed by atoms with Gasteiger partial charge in [0.1, 0.15) is 5.82 Å². The molecule has 134 valence electrons. The number of aromatic nitrogens is 2. The predicted molar refractivity (Wildman–Crippen MR) is 104 cm³/mol. The maximum atomic E-state index is 6.14. The largest absolute Gasteiger partial charge is 0.399 e. The van der Waals surface area contributed by atoms with E-state index < -0.39 is 0 Å². The van der Waals surface area contributed by atoms with Crippen LogP contribution >= 0.6 is 0 Å². The Morgan fingerprint density at radius 2 is 2.04 bits per heavy atom. The number of anilines is 4. The molecule has 1 aliphatic heterocycles. The van der Waals surface area contributed by atoms with Gasteiger partial charge in [0, 0.05) is 42.3 Å². The summed E-state index contributed by atoms with van der Waals surface area (Å²) < 4.78 is 0. The second kappa shape index (κ2) is 8.16. The molecule has 1 unspecified atom stereocenters. The van der Waals surface area contributed by atoms with Gasteiger partial charge in [0.05, 0.1) is 0 Å². The van der Waals surface area contributed by atoms with E-state index in [1.807, 2.05) is 24.3 Å². The van der Waals surface area contributed by atoms with Crippen LogP contribution in [0, 0.1) is 0 Å². The van der Waals surface area contributed by atoms with Crippen LogP contribution in [0.1, 0.15) is 38.3 Å². The van der Waals surface area contributed by atoms with Crippen LogP contribution < -0.4 is 21.7 Å². The minimum atomic E-state index is 0.219. The van der Waals surface area contributed by atoms with Crippen molar-refractivity contribution in [2.24, 2.45) is 5.73 Å². The van der Waals surface area contributed by atoms with Gasteiger partial charge in [-0.15, -0.1) is 0 Å². The van der Waals surface area contributed by atoms with Gasteiger partial charge in [-0.05, 0) is 49.9 Å². The van der Waals surface area contributed by atoms with E-state index in [9.17, 15) is 0 Å². The van der Waals surface area contributed by atoms with Crippen LogP contribution in [0.25, 0.3) is 0 Å². The molecule has 3 rings (SSSR count). The van der Waals surface area contributed by atoms with Crippen molar-refractivity contribution in [3.05, 3.63) is 36.0 Å². The lowest BCUT2D eigenvalue weighted by molar-refractivity contribution is 0.503. The number of nitrogens with one attached hydrogen (secondary N) is 1. The highest BCUT2D eigenvalue weighted by atomic mass is 15.2. The molecule has 1 fully saturated rings. The SMILES string of the molecule is CCCCc1cc(N2CCCC(N)C2)nc(Nc2ccc(N)cc2)n1. The van der Waals surface area contributed by atoms with Gasteiger partial charge < -0.3 is 21.7 Å². The highest BCUT2D eigenvalue weighted by Gasteiger charge is 2.19. The number of nitrogens with zero attached hydrogens (tertiary/aromatic N) is 3. The molecule has 1 aromatic carbocycles. The van der Waals surface area contributed by atoms with Crippen molar-refractivity contribution >= 4 is 23.1 Å². The van der Waals surface area contributed by atoms with Crippen molar-refractivity contribution in [2.75, 3.05) is 29.0 Å². The Bertz CT molecular complexity index is 685. The van der Waals surface area contributed by atoms with Gasteiger partial charge in [0.2, 0.25) is 5.95 Å². The van der Waals surface area contributed by atoms with E-state index in [4.69, 9.17) is 21.4 Å². The normalized spacial score (nSPS) is 17.5. The fourth-order valence-electron chi connectivity index (χ4n) is 3.10. The summed E-state index contributed by atoms with van der Waals surface area (Å²) in [5.41, 5.74) is 14.6. The Balaban J connectivity index is 1.85. The molecule has 0 amide bonds. The predicted octanol–water partition coefficient (Wildman–Crippen LogP) is 3.07. The van der Waals surface area contributed by atoms with Gasteiger partial charge in [-0.25, -0.2) is 4.98 Å². The van der Waals surface area contributed by atoms with Crippen molar-refractivity contribution in [3.63, 3.8) is 0 Å². The number of benzene rings is 1. The quantitative estimate of drug-likeness (QED) is 0.700. The van der Waals surface area contributed by atoms with Crippen molar-refractivity contribution in [1.82, 2.24) is 9.97 Å². The van der Waals surface area contributed by atoms with Crippen LogP contribution in [0.5, 0.6) is 0 Å². The van der Waals surface area contributed by atoms with Crippen LogP contribution in [0.2, 0.25) is 0 Å². The summed E-state index contributed by atoms with van der Waals surface area (Å²) in [5.74, 6) is 1.60. The molecule has 1 aromatic heterocycles. The summed E-state index contributed by atoms with van der Waals surface area (Å²) in [5, 5.41) is 3.30. The second-order valence-corrected chi connectivity index (χ2v) is 6.74.